The third-order valence-electron chi connectivity index (χ3n) is 5.64. The number of nitrogens with two attached hydrogens (primary N) is 1. The van der Waals surface area contributed by atoms with Gasteiger partial charge in [0.05, 0.1) is 11.5 Å². The zero-order valence-electron chi connectivity index (χ0n) is 18.1. The Hall–Kier alpha value is -3.59. The summed E-state index contributed by atoms with van der Waals surface area (Å²) in [5.74, 6) is -2.15. The number of carboxylic acid groups (broad SMARTS) is 1. The first-order chi connectivity index (χ1) is 16.5. The van der Waals surface area contributed by atoms with Crippen LogP contribution in [0, 0.1) is 5.82 Å². The predicted octanol–water partition coefficient (Wildman–Crippen LogP) is 5.51. The second-order valence-corrected chi connectivity index (χ2v) is 8.48. The number of carbonyl (C=O) groups excluding carboxylic acids is 1. The van der Waals surface area contributed by atoms with E-state index in [0.29, 0.717) is 42.2 Å². The maximum absolute atomic E-state index is 14.2. The van der Waals surface area contributed by atoms with Crippen LogP contribution in [0.2, 0.25) is 5.02 Å². The highest BCUT2D eigenvalue weighted by Gasteiger charge is 2.33. The molecule has 1 heterocycles. The monoisotopic (exact) mass is 505 g/mol. The number of rotatable bonds is 6. The van der Waals surface area contributed by atoms with E-state index in [1.54, 1.807) is 6.07 Å². The van der Waals surface area contributed by atoms with Crippen LogP contribution in [0.3, 0.4) is 0 Å². The van der Waals surface area contributed by atoms with Gasteiger partial charge < -0.3 is 20.4 Å². The fourth-order valence-corrected chi connectivity index (χ4v) is 4.19. The highest BCUT2D eigenvalue weighted by molar-refractivity contribution is 6.30. The Morgan fingerprint density at radius 2 is 1.86 bits per heavy atom. The van der Waals surface area contributed by atoms with Crippen LogP contribution in [0.4, 0.5) is 23.2 Å². The Bertz CT molecular complexity index is 1340. The molecule has 0 bridgehead atoms. The zero-order valence-corrected chi connectivity index (χ0v) is 18.8. The Labute approximate surface area is 202 Å². The molecule has 0 saturated carbocycles. The number of aromatic nitrogens is 1. The fraction of sp³-hybridized carbons (Fsp3) is 0.200. The number of pyridine rings is 1. The van der Waals surface area contributed by atoms with Gasteiger partial charge in [-0.1, -0.05) is 17.7 Å². The van der Waals surface area contributed by atoms with Gasteiger partial charge in [0.15, 0.2) is 0 Å². The first-order valence-corrected chi connectivity index (χ1v) is 10.9. The largest absolute Gasteiger partial charge is 0.545 e. The number of anilines is 1. The SMILES string of the molecule is Nc1cc(C(=O)[O-])cc(C2=C(c3cc(C(F)(F)F)cnc3OCc3ccc(Cl)cc3F)CCC2)c1. The molecule has 0 spiro atoms. The number of nitrogen functional groups attached to an aromatic ring is 1. The van der Waals surface area contributed by atoms with Gasteiger partial charge in [0.1, 0.15) is 12.4 Å². The molecule has 2 aromatic carbocycles. The number of carboxylic acids is 1. The summed E-state index contributed by atoms with van der Waals surface area (Å²) in [6.45, 7) is -0.288. The summed E-state index contributed by atoms with van der Waals surface area (Å²) in [4.78, 5) is 15.3. The number of nitrogens with zero attached hydrogens (tertiary/aromatic N) is 1. The van der Waals surface area contributed by atoms with Crippen molar-refractivity contribution in [2.45, 2.75) is 32.0 Å². The number of alkyl halides is 3. The van der Waals surface area contributed by atoms with Gasteiger partial charge in [0, 0.05) is 28.0 Å². The minimum atomic E-state index is -4.65. The third-order valence-corrected chi connectivity index (χ3v) is 5.88. The van der Waals surface area contributed by atoms with E-state index in [2.05, 4.69) is 4.98 Å². The van der Waals surface area contributed by atoms with Gasteiger partial charge >= 0.3 is 6.18 Å². The van der Waals surface area contributed by atoms with E-state index in [0.717, 1.165) is 12.1 Å². The average molecular weight is 506 g/mol. The molecule has 10 heteroatoms. The smallest absolute Gasteiger partial charge is 0.417 e. The van der Waals surface area contributed by atoms with E-state index in [4.69, 9.17) is 22.1 Å². The maximum atomic E-state index is 14.2. The van der Waals surface area contributed by atoms with E-state index < -0.39 is 23.5 Å². The molecule has 0 fully saturated rings. The summed E-state index contributed by atoms with van der Waals surface area (Å²) < 4.78 is 60.3. The molecule has 0 atom stereocenters. The molecule has 0 radical (unpaired) electrons. The maximum Gasteiger partial charge on any atom is 0.417 e. The van der Waals surface area contributed by atoms with Crippen LogP contribution in [0.25, 0.3) is 11.1 Å². The topological polar surface area (TPSA) is 88.3 Å². The van der Waals surface area contributed by atoms with Gasteiger partial charge in [-0.3, -0.25) is 0 Å². The van der Waals surface area contributed by atoms with Gasteiger partial charge in [0.25, 0.3) is 0 Å². The van der Waals surface area contributed by atoms with Crippen LogP contribution < -0.4 is 15.6 Å². The molecule has 1 aliphatic carbocycles. The Kier molecular flexibility index (Phi) is 6.71. The average Bonchev–Trinajstić information content (AvgIpc) is 3.27. The lowest BCUT2D eigenvalue weighted by molar-refractivity contribution is -0.255. The van der Waals surface area contributed by atoms with Gasteiger partial charge in [-0.05, 0) is 77.9 Å². The van der Waals surface area contributed by atoms with E-state index in [9.17, 15) is 27.5 Å². The molecule has 1 aliphatic rings. The number of carbonyl (C=O) groups is 1. The van der Waals surface area contributed by atoms with Crippen molar-refractivity contribution in [2.75, 3.05) is 5.73 Å². The number of hydrogen-bond acceptors (Lipinski definition) is 5. The zero-order chi connectivity index (χ0) is 25.3. The van der Waals surface area contributed by atoms with Crippen molar-refractivity contribution in [2.24, 2.45) is 0 Å². The summed E-state index contributed by atoms with van der Waals surface area (Å²) in [6.07, 6.45) is -2.50. The first kappa shape index (κ1) is 24.5. The second kappa shape index (κ2) is 9.58. The summed E-state index contributed by atoms with van der Waals surface area (Å²) in [5.41, 5.74) is 6.77. The molecule has 0 unspecified atom stereocenters. The number of allylic oxidation sites excluding steroid dienone is 2. The molecule has 2 N–H and O–H groups in total. The van der Waals surface area contributed by atoms with Crippen LogP contribution in [-0.2, 0) is 12.8 Å². The van der Waals surface area contributed by atoms with Gasteiger partial charge in [-0.15, -0.1) is 0 Å². The van der Waals surface area contributed by atoms with Gasteiger partial charge in [-0.2, -0.15) is 13.2 Å². The Morgan fingerprint density at radius 3 is 2.54 bits per heavy atom. The van der Waals surface area contributed by atoms with Crippen molar-refractivity contribution < 1.29 is 32.2 Å². The highest BCUT2D eigenvalue weighted by atomic mass is 35.5. The van der Waals surface area contributed by atoms with E-state index in [1.807, 2.05) is 0 Å². The molecule has 0 amide bonds. The molecule has 5 nitrogen and oxygen atoms in total. The molecular weight excluding hydrogens is 488 g/mol. The van der Waals surface area contributed by atoms with Crippen molar-refractivity contribution in [3.8, 4) is 5.88 Å². The molecular formula is C25H18ClF4N2O3-. The van der Waals surface area contributed by atoms with Crippen molar-refractivity contribution in [1.29, 1.82) is 0 Å². The molecule has 3 aromatic rings. The Balaban J connectivity index is 1.81. The van der Waals surface area contributed by atoms with Crippen molar-refractivity contribution in [1.82, 2.24) is 4.98 Å². The summed E-state index contributed by atoms with van der Waals surface area (Å²) in [6, 6.07) is 9.09. The van der Waals surface area contributed by atoms with Crippen LogP contribution in [0.5, 0.6) is 5.88 Å². The van der Waals surface area contributed by atoms with Crippen molar-refractivity contribution in [3.63, 3.8) is 0 Å². The number of benzene rings is 2. The minimum absolute atomic E-state index is 0.0964. The fourth-order valence-electron chi connectivity index (χ4n) is 4.03. The van der Waals surface area contributed by atoms with E-state index >= 15 is 0 Å². The lowest BCUT2D eigenvalue weighted by Crippen LogP contribution is -2.22. The number of halogens is 5. The first-order valence-electron chi connectivity index (χ1n) is 10.5. The van der Waals surface area contributed by atoms with Crippen LogP contribution in [-0.4, -0.2) is 11.0 Å². The molecule has 35 heavy (non-hydrogen) atoms. The second-order valence-electron chi connectivity index (χ2n) is 8.04. The van der Waals surface area contributed by atoms with E-state index in [-0.39, 0.29) is 39.9 Å². The number of hydrogen-bond donors (Lipinski definition) is 1. The summed E-state index contributed by atoms with van der Waals surface area (Å²) in [7, 11) is 0. The quantitative estimate of drug-likeness (QED) is 0.352. The van der Waals surface area contributed by atoms with Crippen molar-refractivity contribution >= 4 is 34.4 Å². The van der Waals surface area contributed by atoms with E-state index in [1.165, 1.54) is 24.3 Å². The standard InChI is InChI=1S/C25H19ClF4N2O3/c26-17-5-4-13(22(27)10-17)12-35-23-21(9-16(11-32-23)25(28,29)30)20-3-1-2-19(20)14-6-15(24(33)34)8-18(31)7-14/h4-11H,1-3,12,31H2,(H,33,34)/p-1. The summed E-state index contributed by atoms with van der Waals surface area (Å²) >= 11 is 5.77. The minimum Gasteiger partial charge on any atom is -0.545 e. The molecule has 0 saturated heterocycles. The Morgan fingerprint density at radius 1 is 1.11 bits per heavy atom. The number of aromatic carboxylic acids is 1. The lowest BCUT2D eigenvalue weighted by Gasteiger charge is -2.17. The molecule has 0 aliphatic heterocycles. The molecule has 182 valence electrons. The molecule has 1 aromatic heterocycles. The van der Waals surface area contributed by atoms with Gasteiger partial charge in [-0.25, -0.2) is 9.37 Å². The van der Waals surface area contributed by atoms with Crippen LogP contribution in [0.1, 0.15) is 51.9 Å². The summed E-state index contributed by atoms with van der Waals surface area (Å²) in [5, 5.41) is 11.6. The third kappa shape index (κ3) is 5.40. The number of ether oxygens (including phenoxy) is 1. The van der Waals surface area contributed by atoms with Crippen LogP contribution >= 0.6 is 11.6 Å². The van der Waals surface area contributed by atoms with Gasteiger partial charge in [0.2, 0.25) is 5.88 Å². The van der Waals surface area contributed by atoms with Crippen LogP contribution in [0.15, 0.2) is 48.7 Å². The lowest BCUT2D eigenvalue weighted by atomic mass is 9.95. The predicted molar refractivity (Wildman–Crippen MR) is 121 cm³/mol. The highest BCUT2D eigenvalue weighted by Crippen LogP contribution is 2.44. The molecule has 4 rings (SSSR count). The van der Waals surface area contributed by atoms with Crippen molar-refractivity contribution in [3.05, 3.63) is 87.3 Å². The normalized spacial score (nSPS) is 13.9.